The first kappa shape index (κ1) is 19.4. The number of ether oxygens (including phenoxy) is 2. The molecule has 0 aromatic heterocycles. The SMILES string of the molecule is O=C(c1ccccc1)N(C(=O)c1cccc(OCC2CO2)c1Br)c1ccccc1. The lowest BCUT2D eigenvalue weighted by Crippen LogP contribution is -2.37. The summed E-state index contributed by atoms with van der Waals surface area (Å²) in [4.78, 5) is 27.9. The zero-order valence-electron chi connectivity index (χ0n) is 15.5. The quantitative estimate of drug-likeness (QED) is 0.402. The first-order chi connectivity index (χ1) is 14.1. The van der Waals surface area contributed by atoms with Gasteiger partial charge < -0.3 is 9.47 Å². The average molecular weight is 452 g/mol. The van der Waals surface area contributed by atoms with Gasteiger partial charge in [-0.2, -0.15) is 0 Å². The van der Waals surface area contributed by atoms with Crippen molar-refractivity contribution in [2.24, 2.45) is 0 Å². The summed E-state index contributed by atoms with van der Waals surface area (Å²) in [6.07, 6.45) is 0.0988. The Kier molecular flexibility index (Phi) is 5.74. The van der Waals surface area contributed by atoms with Crippen molar-refractivity contribution in [2.45, 2.75) is 6.10 Å². The zero-order valence-corrected chi connectivity index (χ0v) is 17.0. The summed E-state index contributed by atoms with van der Waals surface area (Å²) in [5, 5.41) is 0. The third-order valence-electron chi connectivity index (χ3n) is 4.46. The number of amides is 2. The molecule has 0 N–H and O–H groups in total. The Morgan fingerprint density at radius 2 is 1.59 bits per heavy atom. The fourth-order valence-corrected chi connectivity index (χ4v) is 3.42. The smallest absolute Gasteiger partial charge is 0.266 e. The molecular weight excluding hydrogens is 434 g/mol. The molecule has 1 fully saturated rings. The van der Waals surface area contributed by atoms with Crippen LogP contribution in [-0.2, 0) is 4.74 Å². The lowest BCUT2D eigenvalue weighted by molar-refractivity contribution is 0.0897. The van der Waals surface area contributed by atoms with E-state index in [1.165, 1.54) is 4.90 Å². The van der Waals surface area contributed by atoms with Gasteiger partial charge in [0.05, 0.1) is 22.3 Å². The Balaban J connectivity index is 1.70. The third kappa shape index (κ3) is 4.39. The molecule has 146 valence electrons. The number of para-hydroxylation sites is 1. The van der Waals surface area contributed by atoms with E-state index in [0.29, 0.717) is 40.3 Å². The topological polar surface area (TPSA) is 59.1 Å². The lowest BCUT2D eigenvalue weighted by atomic mass is 10.1. The van der Waals surface area contributed by atoms with Crippen molar-refractivity contribution >= 4 is 33.4 Å². The van der Waals surface area contributed by atoms with Crippen LogP contribution in [0.15, 0.2) is 83.3 Å². The summed E-state index contributed by atoms with van der Waals surface area (Å²) in [5.74, 6) is -0.303. The number of hydrogen-bond acceptors (Lipinski definition) is 4. The normalized spacial score (nSPS) is 14.9. The first-order valence-corrected chi connectivity index (χ1v) is 9.96. The molecular formula is C23H18BrNO4. The second-order valence-electron chi connectivity index (χ2n) is 6.53. The Morgan fingerprint density at radius 3 is 2.24 bits per heavy atom. The molecule has 3 aromatic rings. The molecule has 0 spiro atoms. The molecule has 1 aliphatic heterocycles. The van der Waals surface area contributed by atoms with Gasteiger partial charge in [0.1, 0.15) is 18.5 Å². The number of anilines is 1. The van der Waals surface area contributed by atoms with Crippen LogP contribution in [0.25, 0.3) is 0 Å². The van der Waals surface area contributed by atoms with E-state index in [4.69, 9.17) is 9.47 Å². The number of benzene rings is 3. The van der Waals surface area contributed by atoms with E-state index in [-0.39, 0.29) is 6.10 Å². The fourth-order valence-electron chi connectivity index (χ4n) is 2.87. The van der Waals surface area contributed by atoms with E-state index in [9.17, 15) is 9.59 Å². The maximum Gasteiger partial charge on any atom is 0.266 e. The lowest BCUT2D eigenvalue weighted by Gasteiger charge is -2.22. The van der Waals surface area contributed by atoms with Crippen LogP contribution in [0, 0.1) is 0 Å². The van der Waals surface area contributed by atoms with Gasteiger partial charge in [0.25, 0.3) is 11.8 Å². The van der Waals surface area contributed by atoms with E-state index in [1.54, 1.807) is 66.7 Å². The molecule has 0 bridgehead atoms. The Hall–Kier alpha value is -2.96. The van der Waals surface area contributed by atoms with E-state index >= 15 is 0 Å². The molecule has 0 radical (unpaired) electrons. The number of epoxide rings is 1. The molecule has 2 amide bonds. The monoisotopic (exact) mass is 451 g/mol. The van der Waals surface area contributed by atoms with Gasteiger partial charge in [0.15, 0.2) is 0 Å². The predicted molar refractivity (Wildman–Crippen MR) is 113 cm³/mol. The minimum absolute atomic E-state index is 0.0988. The number of halogens is 1. The van der Waals surface area contributed by atoms with Gasteiger partial charge in [-0.3, -0.25) is 9.59 Å². The number of rotatable bonds is 6. The van der Waals surface area contributed by atoms with Crippen molar-refractivity contribution in [1.29, 1.82) is 0 Å². The molecule has 29 heavy (non-hydrogen) atoms. The van der Waals surface area contributed by atoms with Gasteiger partial charge in [-0.15, -0.1) is 0 Å². The largest absolute Gasteiger partial charge is 0.490 e. The summed E-state index contributed by atoms with van der Waals surface area (Å²) in [5.41, 5.74) is 1.27. The fraction of sp³-hybridized carbons (Fsp3) is 0.130. The van der Waals surface area contributed by atoms with Gasteiger partial charge in [0, 0.05) is 5.56 Å². The highest BCUT2D eigenvalue weighted by Crippen LogP contribution is 2.32. The minimum atomic E-state index is -0.440. The molecule has 1 saturated heterocycles. The zero-order chi connectivity index (χ0) is 20.2. The summed E-state index contributed by atoms with van der Waals surface area (Å²) in [6, 6.07) is 22.8. The first-order valence-electron chi connectivity index (χ1n) is 9.17. The minimum Gasteiger partial charge on any atom is -0.490 e. The van der Waals surface area contributed by atoms with Crippen molar-refractivity contribution in [3.05, 3.63) is 94.5 Å². The van der Waals surface area contributed by atoms with E-state index in [1.807, 2.05) is 12.1 Å². The summed E-state index contributed by atoms with van der Waals surface area (Å²) in [6.45, 7) is 1.10. The van der Waals surface area contributed by atoms with E-state index in [0.717, 1.165) is 0 Å². The van der Waals surface area contributed by atoms with Crippen LogP contribution in [0.4, 0.5) is 5.69 Å². The molecule has 0 aliphatic carbocycles. The maximum absolute atomic E-state index is 13.5. The van der Waals surface area contributed by atoms with Crippen LogP contribution < -0.4 is 9.64 Å². The van der Waals surface area contributed by atoms with Crippen LogP contribution >= 0.6 is 15.9 Å². The maximum atomic E-state index is 13.5. The Morgan fingerprint density at radius 1 is 0.931 bits per heavy atom. The Bertz CT molecular complexity index is 1020. The van der Waals surface area contributed by atoms with Crippen molar-refractivity contribution in [1.82, 2.24) is 0 Å². The van der Waals surface area contributed by atoms with E-state index < -0.39 is 11.8 Å². The van der Waals surface area contributed by atoms with Crippen molar-refractivity contribution in [2.75, 3.05) is 18.1 Å². The molecule has 1 heterocycles. The van der Waals surface area contributed by atoms with Crippen molar-refractivity contribution in [3.63, 3.8) is 0 Å². The summed E-state index contributed by atoms with van der Waals surface area (Å²) < 4.78 is 11.4. The number of nitrogens with zero attached hydrogens (tertiary/aromatic N) is 1. The average Bonchev–Trinajstić information content (AvgIpc) is 3.59. The van der Waals surface area contributed by atoms with Crippen LogP contribution in [0.5, 0.6) is 5.75 Å². The highest BCUT2D eigenvalue weighted by Gasteiger charge is 2.29. The van der Waals surface area contributed by atoms with Gasteiger partial charge in [-0.1, -0.05) is 42.5 Å². The van der Waals surface area contributed by atoms with Crippen LogP contribution in [0.1, 0.15) is 20.7 Å². The van der Waals surface area contributed by atoms with Crippen LogP contribution in [0.3, 0.4) is 0 Å². The number of hydrogen-bond donors (Lipinski definition) is 0. The molecule has 1 unspecified atom stereocenters. The molecule has 5 nitrogen and oxygen atoms in total. The number of imide groups is 1. The molecule has 0 saturated carbocycles. The van der Waals surface area contributed by atoms with Crippen molar-refractivity contribution < 1.29 is 19.1 Å². The molecule has 3 aromatic carbocycles. The number of carbonyl (C=O) groups excluding carboxylic acids is 2. The van der Waals surface area contributed by atoms with Crippen LogP contribution in [0.2, 0.25) is 0 Å². The van der Waals surface area contributed by atoms with Crippen LogP contribution in [-0.4, -0.2) is 31.1 Å². The third-order valence-corrected chi connectivity index (χ3v) is 5.28. The number of carbonyl (C=O) groups is 2. The highest BCUT2D eigenvalue weighted by molar-refractivity contribution is 9.10. The standard InChI is InChI=1S/C23H18BrNO4/c24-21-19(12-7-13-20(21)29-15-18-14-28-18)23(27)25(17-10-5-2-6-11-17)22(26)16-8-3-1-4-9-16/h1-13,18H,14-15H2. The predicted octanol–water partition coefficient (Wildman–Crippen LogP) is 4.71. The van der Waals surface area contributed by atoms with Gasteiger partial charge in [0.2, 0.25) is 0 Å². The van der Waals surface area contributed by atoms with Gasteiger partial charge >= 0.3 is 0 Å². The van der Waals surface area contributed by atoms with Crippen molar-refractivity contribution in [3.8, 4) is 5.75 Å². The second kappa shape index (κ2) is 8.59. The molecule has 4 rings (SSSR count). The highest BCUT2D eigenvalue weighted by atomic mass is 79.9. The van der Waals surface area contributed by atoms with Gasteiger partial charge in [-0.25, -0.2) is 4.90 Å². The van der Waals surface area contributed by atoms with E-state index in [2.05, 4.69) is 15.9 Å². The Labute approximate surface area is 177 Å². The molecule has 1 atom stereocenters. The molecule has 6 heteroatoms. The second-order valence-corrected chi connectivity index (χ2v) is 7.32. The molecule has 1 aliphatic rings. The van der Waals surface area contributed by atoms with Gasteiger partial charge in [-0.05, 0) is 52.3 Å². The summed E-state index contributed by atoms with van der Waals surface area (Å²) in [7, 11) is 0. The summed E-state index contributed by atoms with van der Waals surface area (Å²) >= 11 is 3.47.